The third-order valence-electron chi connectivity index (χ3n) is 1.96. The molecule has 1 aromatic heterocycles. The van der Waals surface area contributed by atoms with Crippen molar-refractivity contribution in [2.75, 3.05) is 5.73 Å². The largest absolute Gasteiger partial charge is 0.508 e. The van der Waals surface area contributed by atoms with E-state index in [1.807, 2.05) is 6.92 Å². The van der Waals surface area contributed by atoms with Crippen LogP contribution >= 0.6 is 0 Å². The fourth-order valence-corrected chi connectivity index (χ4v) is 1.23. The monoisotopic (exact) mass is 163 g/mol. The Balaban J connectivity index is 2.87. The van der Waals surface area contributed by atoms with Crippen LogP contribution in [0.25, 0.3) is 11.0 Å². The van der Waals surface area contributed by atoms with Crippen molar-refractivity contribution in [2.45, 2.75) is 6.92 Å². The van der Waals surface area contributed by atoms with Crippen LogP contribution in [0.2, 0.25) is 0 Å². The minimum Gasteiger partial charge on any atom is -0.508 e. The fourth-order valence-electron chi connectivity index (χ4n) is 1.23. The maximum atomic E-state index is 9.13. The van der Waals surface area contributed by atoms with Crippen LogP contribution in [0.5, 0.6) is 5.75 Å². The highest BCUT2D eigenvalue weighted by molar-refractivity contribution is 5.86. The molecule has 0 fully saturated rings. The summed E-state index contributed by atoms with van der Waals surface area (Å²) in [7, 11) is 0. The van der Waals surface area contributed by atoms with E-state index in [0.29, 0.717) is 11.5 Å². The predicted octanol–water partition coefficient (Wildman–Crippen LogP) is 2.03. The second kappa shape index (κ2) is 2.17. The zero-order chi connectivity index (χ0) is 8.72. The highest BCUT2D eigenvalue weighted by Crippen LogP contribution is 2.29. The maximum Gasteiger partial charge on any atom is 0.194 e. The van der Waals surface area contributed by atoms with E-state index in [0.717, 1.165) is 10.9 Å². The van der Waals surface area contributed by atoms with E-state index < -0.39 is 0 Å². The Morgan fingerprint density at radius 1 is 1.42 bits per heavy atom. The highest BCUT2D eigenvalue weighted by atomic mass is 16.3. The molecule has 1 heterocycles. The molecule has 0 saturated carbocycles. The van der Waals surface area contributed by atoms with E-state index in [9.17, 15) is 0 Å². The summed E-state index contributed by atoms with van der Waals surface area (Å²) in [4.78, 5) is 0. The number of hydrogen-bond donors (Lipinski definition) is 2. The number of hydrogen-bond acceptors (Lipinski definition) is 3. The fraction of sp³-hybridized carbons (Fsp3) is 0.111. The van der Waals surface area contributed by atoms with Gasteiger partial charge in [0, 0.05) is 17.0 Å². The van der Waals surface area contributed by atoms with Crippen LogP contribution in [0.1, 0.15) is 5.56 Å². The van der Waals surface area contributed by atoms with Crippen LogP contribution in [-0.2, 0) is 0 Å². The third-order valence-corrected chi connectivity index (χ3v) is 1.96. The van der Waals surface area contributed by atoms with Gasteiger partial charge in [0.2, 0.25) is 0 Å². The number of aromatic hydroxyl groups is 1. The topological polar surface area (TPSA) is 59.4 Å². The molecule has 0 spiro atoms. The molecule has 2 rings (SSSR count). The zero-order valence-corrected chi connectivity index (χ0v) is 6.66. The quantitative estimate of drug-likeness (QED) is 0.624. The Bertz CT molecular complexity index is 431. The Hall–Kier alpha value is -1.64. The average molecular weight is 163 g/mol. The van der Waals surface area contributed by atoms with Crippen molar-refractivity contribution in [1.29, 1.82) is 0 Å². The van der Waals surface area contributed by atoms with Crippen LogP contribution in [0.15, 0.2) is 22.6 Å². The van der Waals surface area contributed by atoms with Gasteiger partial charge in [0.1, 0.15) is 11.3 Å². The van der Waals surface area contributed by atoms with Crippen LogP contribution in [-0.4, -0.2) is 5.11 Å². The molecule has 3 heteroatoms. The lowest BCUT2D eigenvalue weighted by atomic mass is 10.2. The van der Waals surface area contributed by atoms with Gasteiger partial charge in [-0.05, 0) is 19.1 Å². The van der Waals surface area contributed by atoms with E-state index in [4.69, 9.17) is 15.3 Å². The summed E-state index contributed by atoms with van der Waals surface area (Å²) < 4.78 is 5.20. The summed E-state index contributed by atoms with van der Waals surface area (Å²) in [6.45, 7) is 1.89. The number of fused-ring (bicyclic) bond motifs is 1. The molecule has 3 N–H and O–H groups in total. The smallest absolute Gasteiger partial charge is 0.194 e. The van der Waals surface area contributed by atoms with E-state index in [-0.39, 0.29) is 5.75 Å². The SMILES string of the molecule is Cc1c(N)oc2cc(O)ccc12. The standard InChI is InChI=1S/C9H9NO2/c1-5-7-3-2-6(11)4-8(7)12-9(5)10/h2-4,11H,10H2,1H3. The first-order valence-corrected chi connectivity index (χ1v) is 3.66. The second-order valence-corrected chi connectivity index (χ2v) is 2.77. The first-order chi connectivity index (χ1) is 5.68. The number of phenols is 1. The molecule has 3 nitrogen and oxygen atoms in total. The Morgan fingerprint density at radius 2 is 2.17 bits per heavy atom. The first kappa shape index (κ1) is 7.03. The second-order valence-electron chi connectivity index (χ2n) is 2.77. The molecule has 0 aliphatic carbocycles. The van der Waals surface area contributed by atoms with E-state index in [1.54, 1.807) is 18.2 Å². The van der Waals surface area contributed by atoms with Crippen LogP contribution in [0.4, 0.5) is 5.88 Å². The molecule has 62 valence electrons. The number of anilines is 1. The van der Waals surface area contributed by atoms with Gasteiger partial charge in [0.15, 0.2) is 5.88 Å². The van der Waals surface area contributed by atoms with Gasteiger partial charge in [-0.15, -0.1) is 0 Å². The van der Waals surface area contributed by atoms with Crippen LogP contribution < -0.4 is 5.73 Å². The van der Waals surface area contributed by atoms with E-state index in [1.165, 1.54) is 0 Å². The molecule has 0 saturated heterocycles. The number of rotatable bonds is 0. The van der Waals surface area contributed by atoms with Gasteiger partial charge < -0.3 is 15.3 Å². The molecular weight excluding hydrogens is 154 g/mol. The van der Waals surface area contributed by atoms with Crippen molar-refractivity contribution in [3.63, 3.8) is 0 Å². The van der Waals surface area contributed by atoms with Gasteiger partial charge >= 0.3 is 0 Å². The molecule has 2 aromatic rings. The lowest BCUT2D eigenvalue weighted by Gasteiger charge is -1.89. The molecule has 0 radical (unpaired) electrons. The summed E-state index contributed by atoms with van der Waals surface area (Å²) in [5.41, 5.74) is 7.11. The Morgan fingerprint density at radius 3 is 2.92 bits per heavy atom. The molecule has 0 aliphatic rings. The zero-order valence-electron chi connectivity index (χ0n) is 6.66. The van der Waals surface area contributed by atoms with Gasteiger partial charge in [-0.25, -0.2) is 0 Å². The number of furan rings is 1. The number of aryl methyl sites for hydroxylation is 1. The summed E-state index contributed by atoms with van der Waals surface area (Å²) in [6, 6.07) is 4.96. The predicted molar refractivity (Wildman–Crippen MR) is 47.0 cm³/mol. The van der Waals surface area contributed by atoms with Crippen molar-refractivity contribution < 1.29 is 9.52 Å². The van der Waals surface area contributed by atoms with Gasteiger partial charge in [0.05, 0.1) is 0 Å². The molecule has 0 aliphatic heterocycles. The van der Waals surface area contributed by atoms with Crippen molar-refractivity contribution >= 4 is 16.9 Å². The van der Waals surface area contributed by atoms with Crippen molar-refractivity contribution in [2.24, 2.45) is 0 Å². The highest BCUT2D eigenvalue weighted by Gasteiger charge is 2.06. The summed E-state index contributed by atoms with van der Waals surface area (Å²) in [5.74, 6) is 0.604. The van der Waals surface area contributed by atoms with E-state index >= 15 is 0 Å². The summed E-state index contributed by atoms with van der Waals surface area (Å²) in [6.07, 6.45) is 0. The normalized spacial score (nSPS) is 10.8. The third kappa shape index (κ3) is 0.830. The molecule has 1 aromatic carbocycles. The van der Waals surface area contributed by atoms with Gasteiger partial charge in [-0.2, -0.15) is 0 Å². The minimum atomic E-state index is 0.191. The molecule has 0 amide bonds. The Labute approximate surface area is 69.4 Å². The molecule has 0 bridgehead atoms. The van der Waals surface area contributed by atoms with Crippen molar-refractivity contribution in [1.82, 2.24) is 0 Å². The van der Waals surface area contributed by atoms with E-state index in [2.05, 4.69) is 0 Å². The van der Waals surface area contributed by atoms with Crippen LogP contribution in [0.3, 0.4) is 0 Å². The van der Waals surface area contributed by atoms with Gasteiger partial charge in [0.25, 0.3) is 0 Å². The number of nitrogens with two attached hydrogens (primary N) is 1. The van der Waals surface area contributed by atoms with Gasteiger partial charge in [-0.3, -0.25) is 0 Å². The number of phenolic OH excluding ortho intramolecular Hbond substituents is 1. The summed E-state index contributed by atoms with van der Waals surface area (Å²) >= 11 is 0. The maximum absolute atomic E-state index is 9.13. The molecule has 0 unspecified atom stereocenters. The molecule has 0 atom stereocenters. The van der Waals surface area contributed by atoms with Crippen molar-refractivity contribution in [3.8, 4) is 5.75 Å². The van der Waals surface area contributed by atoms with Crippen molar-refractivity contribution in [3.05, 3.63) is 23.8 Å². The number of benzene rings is 1. The minimum absolute atomic E-state index is 0.191. The first-order valence-electron chi connectivity index (χ1n) is 3.66. The summed E-state index contributed by atoms with van der Waals surface area (Å²) in [5, 5.41) is 10.1. The molecule has 12 heavy (non-hydrogen) atoms. The lowest BCUT2D eigenvalue weighted by molar-refractivity contribution is 0.474. The average Bonchev–Trinajstić information content (AvgIpc) is 2.28. The number of nitrogen functional groups attached to an aromatic ring is 1. The lowest BCUT2D eigenvalue weighted by Crippen LogP contribution is -1.81. The molecular formula is C9H9NO2. The van der Waals surface area contributed by atoms with Crippen LogP contribution in [0, 0.1) is 6.92 Å². The van der Waals surface area contributed by atoms with Gasteiger partial charge in [-0.1, -0.05) is 0 Å². The Kier molecular flexibility index (Phi) is 1.27.